The molecule has 2 aromatic heterocycles. The van der Waals surface area contributed by atoms with Crippen molar-refractivity contribution in [3.8, 4) is 0 Å². The van der Waals surface area contributed by atoms with Crippen molar-refractivity contribution in [2.45, 2.75) is 12.7 Å². The van der Waals surface area contributed by atoms with E-state index >= 15 is 0 Å². The van der Waals surface area contributed by atoms with E-state index in [0.29, 0.717) is 4.47 Å². The van der Waals surface area contributed by atoms with Crippen molar-refractivity contribution in [3.63, 3.8) is 0 Å². The van der Waals surface area contributed by atoms with Crippen LogP contribution >= 0.6 is 15.9 Å². The number of aromatic nitrogens is 4. The Morgan fingerprint density at radius 3 is 2.52 bits per heavy atom. The van der Waals surface area contributed by atoms with Gasteiger partial charge in [-0.3, -0.25) is 4.79 Å². The maximum Gasteiger partial charge on any atom is 0.471 e. The first-order valence-corrected chi connectivity index (χ1v) is 6.19. The number of nitrogens with zero attached hydrogens (tertiary/aromatic N) is 5. The van der Waals surface area contributed by atoms with Crippen LogP contribution < -0.4 is 0 Å². The van der Waals surface area contributed by atoms with Crippen LogP contribution in [0.3, 0.4) is 0 Å². The van der Waals surface area contributed by atoms with Gasteiger partial charge in [0.15, 0.2) is 5.82 Å². The molecule has 0 radical (unpaired) electrons. The number of amides is 1. The monoisotopic (exact) mass is 365 g/mol. The Balaban J connectivity index is 2.07. The SMILES string of the molecule is CN(Cc1noc(C(F)(F)F)n1)C(=O)c1ncc(Br)cn1. The smallest absolute Gasteiger partial charge is 0.331 e. The lowest BCUT2D eigenvalue weighted by Crippen LogP contribution is -2.28. The lowest BCUT2D eigenvalue weighted by Gasteiger charge is -2.13. The third-order valence-corrected chi connectivity index (χ3v) is 2.66. The van der Waals surface area contributed by atoms with Gasteiger partial charge in [0.2, 0.25) is 5.82 Å². The van der Waals surface area contributed by atoms with Gasteiger partial charge in [0.1, 0.15) is 0 Å². The maximum absolute atomic E-state index is 12.3. The van der Waals surface area contributed by atoms with Crippen LogP contribution in [0.1, 0.15) is 22.3 Å². The van der Waals surface area contributed by atoms with Gasteiger partial charge in [-0.1, -0.05) is 5.16 Å². The average Bonchev–Trinajstić information content (AvgIpc) is 2.87. The van der Waals surface area contributed by atoms with Gasteiger partial charge in [-0.25, -0.2) is 9.97 Å². The molecular weight excluding hydrogens is 359 g/mol. The predicted octanol–water partition coefficient (Wildman–Crippen LogP) is 1.91. The van der Waals surface area contributed by atoms with Crippen molar-refractivity contribution in [2.24, 2.45) is 0 Å². The summed E-state index contributed by atoms with van der Waals surface area (Å²) in [5, 5.41) is 3.16. The fourth-order valence-corrected chi connectivity index (χ4v) is 1.52. The molecule has 0 spiro atoms. The average molecular weight is 366 g/mol. The highest BCUT2D eigenvalue weighted by molar-refractivity contribution is 9.10. The zero-order valence-corrected chi connectivity index (χ0v) is 12.0. The largest absolute Gasteiger partial charge is 0.471 e. The Kier molecular flexibility index (Phi) is 4.21. The van der Waals surface area contributed by atoms with Crippen LogP contribution in [0.5, 0.6) is 0 Å². The summed E-state index contributed by atoms with van der Waals surface area (Å²) in [5.41, 5.74) is 0. The van der Waals surface area contributed by atoms with Crippen molar-refractivity contribution in [1.82, 2.24) is 25.0 Å². The fourth-order valence-electron chi connectivity index (χ4n) is 1.31. The van der Waals surface area contributed by atoms with E-state index < -0.39 is 18.0 Å². The highest BCUT2D eigenvalue weighted by Crippen LogP contribution is 2.27. The minimum atomic E-state index is -4.72. The van der Waals surface area contributed by atoms with Gasteiger partial charge < -0.3 is 9.42 Å². The molecule has 0 bridgehead atoms. The second-order valence-corrected chi connectivity index (χ2v) is 4.82. The molecule has 0 fully saturated rings. The van der Waals surface area contributed by atoms with E-state index in [0.717, 1.165) is 4.90 Å². The molecule has 0 saturated heterocycles. The van der Waals surface area contributed by atoms with E-state index in [1.54, 1.807) is 0 Å². The van der Waals surface area contributed by atoms with Crippen LogP contribution in [0.15, 0.2) is 21.4 Å². The number of hydrogen-bond donors (Lipinski definition) is 0. The van der Waals surface area contributed by atoms with Crippen molar-refractivity contribution in [3.05, 3.63) is 34.4 Å². The quantitative estimate of drug-likeness (QED) is 0.825. The second-order valence-electron chi connectivity index (χ2n) is 3.90. The van der Waals surface area contributed by atoms with Gasteiger partial charge in [0, 0.05) is 19.4 Å². The van der Waals surface area contributed by atoms with Crippen molar-refractivity contribution in [2.75, 3.05) is 7.05 Å². The van der Waals surface area contributed by atoms with Crippen LogP contribution in [-0.4, -0.2) is 38.0 Å². The van der Waals surface area contributed by atoms with E-state index in [1.807, 2.05) is 0 Å². The molecule has 7 nitrogen and oxygen atoms in total. The molecule has 2 aromatic rings. The molecule has 0 aliphatic rings. The van der Waals surface area contributed by atoms with E-state index in [-0.39, 0.29) is 18.2 Å². The van der Waals surface area contributed by atoms with Crippen molar-refractivity contribution in [1.29, 1.82) is 0 Å². The van der Waals surface area contributed by atoms with E-state index in [1.165, 1.54) is 19.4 Å². The van der Waals surface area contributed by atoms with Gasteiger partial charge in [-0.2, -0.15) is 18.2 Å². The first-order valence-electron chi connectivity index (χ1n) is 5.40. The molecule has 2 heterocycles. The minimum Gasteiger partial charge on any atom is -0.331 e. The Labute approximate surface area is 124 Å². The number of carbonyl (C=O) groups excluding carboxylic acids is 1. The third-order valence-electron chi connectivity index (χ3n) is 2.25. The van der Waals surface area contributed by atoms with E-state index in [9.17, 15) is 18.0 Å². The Morgan fingerprint density at radius 1 is 1.38 bits per heavy atom. The Bertz CT molecular complexity index is 643. The van der Waals surface area contributed by atoms with Crippen molar-refractivity contribution < 1.29 is 22.5 Å². The molecule has 1 amide bonds. The van der Waals surface area contributed by atoms with Gasteiger partial charge in [0.25, 0.3) is 5.91 Å². The van der Waals surface area contributed by atoms with Gasteiger partial charge >= 0.3 is 12.1 Å². The Morgan fingerprint density at radius 2 is 2.00 bits per heavy atom. The number of alkyl halides is 3. The minimum absolute atomic E-state index is 0.0970. The summed E-state index contributed by atoms with van der Waals surface area (Å²) in [6, 6.07) is 0. The predicted molar refractivity (Wildman–Crippen MR) is 64.8 cm³/mol. The summed E-state index contributed by atoms with van der Waals surface area (Å²) in [5.74, 6) is -2.41. The molecule has 0 N–H and O–H groups in total. The zero-order valence-electron chi connectivity index (χ0n) is 10.4. The molecule has 0 aromatic carbocycles. The van der Waals surface area contributed by atoms with Crippen LogP contribution in [-0.2, 0) is 12.7 Å². The number of hydrogen-bond acceptors (Lipinski definition) is 6. The normalized spacial score (nSPS) is 11.5. The van der Waals surface area contributed by atoms with Crippen LogP contribution in [0.2, 0.25) is 0 Å². The molecule has 0 aliphatic heterocycles. The number of halogens is 4. The maximum atomic E-state index is 12.3. The molecule has 0 saturated carbocycles. The summed E-state index contributed by atoms with van der Waals surface area (Å²) >= 11 is 3.12. The van der Waals surface area contributed by atoms with E-state index in [2.05, 4.69) is 40.6 Å². The molecule has 0 unspecified atom stereocenters. The van der Waals surface area contributed by atoms with Gasteiger partial charge in [-0.05, 0) is 15.9 Å². The van der Waals surface area contributed by atoms with Crippen molar-refractivity contribution >= 4 is 21.8 Å². The lowest BCUT2D eigenvalue weighted by atomic mass is 10.4. The first-order chi connectivity index (χ1) is 9.77. The molecule has 21 heavy (non-hydrogen) atoms. The third kappa shape index (κ3) is 3.74. The highest BCUT2D eigenvalue weighted by Gasteiger charge is 2.38. The first kappa shape index (κ1) is 15.4. The summed E-state index contributed by atoms with van der Waals surface area (Å²) < 4.78 is 41.6. The summed E-state index contributed by atoms with van der Waals surface area (Å²) in [6.45, 7) is -0.266. The summed E-state index contributed by atoms with van der Waals surface area (Å²) in [7, 11) is 1.36. The van der Waals surface area contributed by atoms with Crippen LogP contribution in [0.25, 0.3) is 0 Å². The van der Waals surface area contributed by atoms with Crippen LogP contribution in [0, 0.1) is 0 Å². The zero-order chi connectivity index (χ0) is 15.6. The fraction of sp³-hybridized carbons (Fsp3) is 0.300. The number of carbonyl (C=O) groups is 1. The summed E-state index contributed by atoms with van der Waals surface area (Å²) in [4.78, 5) is 23.8. The Hall–Kier alpha value is -2.04. The molecule has 0 atom stereocenters. The topological polar surface area (TPSA) is 85.0 Å². The van der Waals surface area contributed by atoms with Crippen LogP contribution in [0.4, 0.5) is 13.2 Å². The molecule has 2 rings (SSSR count). The second kappa shape index (κ2) is 5.76. The molecule has 11 heteroatoms. The van der Waals surface area contributed by atoms with Gasteiger partial charge in [0.05, 0.1) is 11.0 Å². The molecule has 0 aliphatic carbocycles. The lowest BCUT2D eigenvalue weighted by molar-refractivity contribution is -0.159. The highest BCUT2D eigenvalue weighted by atomic mass is 79.9. The molecule has 112 valence electrons. The van der Waals surface area contributed by atoms with E-state index in [4.69, 9.17) is 0 Å². The molecular formula is C10H7BrF3N5O2. The number of rotatable bonds is 3. The standard InChI is InChI=1S/C10H7BrF3N5O2/c1-19(8(20)7-15-2-5(11)3-16-7)4-6-17-9(21-18-6)10(12,13)14/h2-3H,4H2,1H3. The summed E-state index contributed by atoms with van der Waals surface area (Å²) in [6.07, 6.45) is -1.96. The van der Waals surface area contributed by atoms with Gasteiger partial charge in [-0.15, -0.1) is 0 Å².